The molecule has 0 unspecified atom stereocenters. The summed E-state index contributed by atoms with van der Waals surface area (Å²) in [5.41, 5.74) is 1.51. The van der Waals surface area contributed by atoms with Crippen molar-refractivity contribution >= 4 is 9.69 Å². The third kappa shape index (κ3) is 3.74. The van der Waals surface area contributed by atoms with Crippen LogP contribution in [-0.2, 0) is 17.3 Å². The van der Waals surface area contributed by atoms with Gasteiger partial charge in [-0.25, -0.2) is 4.39 Å². The number of hydrogen-bond donors (Lipinski definition) is 0. The minimum atomic E-state index is -0.164. The van der Waals surface area contributed by atoms with Gasteiger partial charge in [-0.1, -0.05) is 11.6 Å². The Kier molecular flexibility index (Phi) is 5.53. The van der Waals surface area contributed by atoms with Crippen LogP contribution in [0.25, 0.3) is 0 Å². The maximum atomic E-state index is 12.5. The molecule has 0 aliphatic rings. The van der Waals surface area contributed by atoms with Crippen LogP contribution in [0, 0.1) is 19.7 Å². The van der Waals surface area contributed by atoms with E-state index in [1.165, 1.54) is 6.07 Å². The number of aryl methyl sites for hydroxylation is 1. The first kappa shape index (κ1) is 10.9. The molecule has 1 rings (SSSR count). The summed E-state index contributed by atoms with van der Waals surface area (Å²) in [7, 11) is 4.76. The molecule has 0 radical (unpaired) electrons. The van der Waals surface area contributed by atoms with Gasteiger partial charge in [0, 0.05) is 0 Å². The van der Waals surface area contributed by atoms with E-state index < -0.39 is 0 Å². The molecule has 0 saturated heterocycles. The van der Waals surface area contributed by atoms with E-state index in [4.69, 9.17) is 9.69 Å². The Morgan fingerprint density at radius 2 is 2.00 bits per heavy atom. The summed E-state index contributed by atoms with van der Waals surface area (Å²) in [6, 6.07) is 4.80. The van der Waals surface area contributed by atoms with E-state index in [1.54, 1.807) is 19.1 Å². The standard InChI is InChI=1S/C8H8F.ClH.Zn/c1-6-3-4-8(9)7(2)5-6;;/h3-5H,1H2,2H3;1H;/q-1;;+2/p-1. The number of hydrogen-bond acceptors (Lipinski definition) is 0. The molecule has 0 bridgehead atoms. The molecule has 0 saturated carbocycles. The van der Waals surface area contributed by atoms with Crippen molar-refractivity contribution in [1.29, 1.82) is 0 Å². The van der Waals surface area contributed by atoms with Crippen molar-refractivity contribution in [3.8, 4) is 0 Å². The summed E-state index contributed by atoms with van der Waals surface area (Å²) in [5, 5.41) is 0. The fourth-order valence-electron chi connectivity index (χ4n) is 0.707. The van der Waals surface area contributed by atoms with E-state index in [0.717, 1.165) is 22.9 Å². The first-order valence-corrected chi connectivity index (χ1v) is 6.95. The van der Waals surface area contributed by atoms with Crippen LogP contribution in [0.1, 0.15) is 11.1 Å². The fraction of sp³-hybridized carbons (Fsp3) is 0.125. The molecule has 0 spiro atoms. The van der Waals surface area contributed by atoms with Crippen molar-refractivity contribution in [3.05, 3.63) is 42.1 Å². The normalized spacial score (nSPS) is 8.45. The molecule has 0 aromatic heterocycles. The van der Waals surface area contributed by atoms with E-state index in [0.29, 0.717) is 5.56 Å². The molecule has 1 aromatic carbocycles. The van der Waals surface area contributed by atoms with Crippen molar-refractivity contribution in [1.82, 2.24) is 0 Å². The quantitative estimate of drug-likeness (QED) is 0.469. The van der Waals surface area contributed by atoms with Crippen LogP contribution in [0.15, 0.2) is 18.2 Å². The van der Waals surface area contributed by atoms with Gasteiger partial charge in [0.05, 0.1) is 0 Å². The molecule has 0 N–H and O–H groups in total. The second-order valence-corrected chi connectivity index (χ2v) is 2.08. The Labute approximate surface area is 80.5 Å². The summed E-state index contributed by atoms with van der Waals surface area (Å²) in [5.74, 6) is -0.164. The Balaban J connectivity index is 0.000000461. The first-order valence-electron chi connectivity index (χ1n) is 3.05. The van der Waals surface area contributed by atoms with Gasteiger partial charge >= 0.3 is 27.0 Å². The Bertz CT molecular complexity index is 225. The number of benzene rings is 1. The molecule has 0 aliphatic carbocycles. The fourth-order valence-corrected chi connectivity index (χ4v) is 0.707. The average molecular weight is 224 g/mol. The SMILES string of the molecule is [CH2-]c1ccc(F)c(C)c1.[Cl][Zn+]. The molecule has 1 aromatic rings. The molecule has 0 heterocycles. The molecule has 0 fully saturated rings. The van der Waals surface area contributed by atoms with E-state index in [-0.39, 0.29) is 5.82 Å². The third-order valence-electron chi connectivity index (χ3n) is 1.22. The van der Waals surface area contributed by atoms with Crippen molar-refractivity contribution in [2.75, 3.05) is 0 Å². The number of rotatable bonds is 0. The van der Waals surface area contributed by atoms with Crippen LogP contribution in [-0.4, -0.2) is 0 Å². The predicted molar refractivity (Wildman–Crippen MR) is 41.4 cm³/mol. The molecule has 0 amide bonds. The van der Waals surface area contributed by atoms with Crippen LogP contribution < -0.4 is 0 Å². The van der Waals surface area contributed by atoms with Gasteiger partial charge in [-0.2, -0.15) is 24.6 Å². The van der Waals surface area contributed by atoms with Gasteiger partial charge in [-0.05, 0) is 6.92 Å². The Hall–Kier alpha value is -0.0666. The summed E-state index contributed by atoms with van der Waals surface area (Å²) < 4.78 is 12.5. The zero-order valence-corrected chi connectivity index (χ0v) is 10.1. The maximum absolute atomic E-state index is 12.5. The van der Waals surface area contributed by atoms with Gasteiger partial charge in [0.1, 0.15) is 5.82 Å². The molecule has 0 aliphatic heterocycles. The zero-order chi connectivity index (χ0) is 8.85. The van der Waals surface area contributed by atoms with Crippen molar-refractivity contribution in [2.45, 2.75) is 6.92 Å². The van der Waals surface area contributed by atoms with Crippen LogP contribution in [0.2, 0.25) is 0 Å². The summed E-state index contributed by atoms with van der Waals surface area (Å²) in [6.45, 7) is 5.38. The van der Waals surface area contributed by atoms with Gasteiger partial charge in [0.25, 0.3) is 0 Å². The molecular formula is C8H8ClFZn. The molecule has 3 heteroatoms. The molecule has 0 atom stereocenters. The van der Waals surface area contributed by atoms with E-state index >= 15 is 0 Å². The molecule has 56 valence electrons. The van der Waals surface area contributed by atoms with Gasteiger partial charge in [-0.3, -0.25) is 0 Å². The molecule has 11 heavy (non-hydrogen) atoms. The van der Waals surface area contributed by atoms with Crippen LogP contribution in [0.5, 0.6) is 0 Å². The Morgan fingerprint density at radius 1 is 1.45 bits per heavy atom. The molecule has 0 nitrogen and oxygen atoms in total. The van der Waals surface area contributed by atoms with E-state index in [2.05, 4.69) is 6.92 Å². The van der Waals surface area contributed by atoms with Crippen LogP contribution >= 0.6 is 9.69 Å². The second-order valence-electron chi connectivity index (χ2n) is 2.08. The van der Waals surface area contributed by atoms with Crippen LogP contribution in [0.4, 0.5) is 4.39 Å². The van der Waals surface area contributed by atoms with Gasteiger partial charge in [0.2, 0.25) is 0 Å². The number of halogens is 2. The molecular weight excluding hydrogens is 216 g/mol. The van der Waals surface area contributed by atoms with Crippen molar-refractivity contribution in [3.63, 3.8) is 0 Å². The topological polar surface area (TPSA) is 0 Å². The third-order valence-corrected chi connectivity index (χ3v) is 1.22. The Morgan fingerprint density at radius 3 is 2.36 bits per heavy atom. The zero-order valence-electron chi connectivity index (χ0n) is 6.40. The van der Waals surface area contributed by atoms with Crippen LogP contribution in [0.3, 0.4) is 0 Å². The first-order chi connectivity index (χ1) is 5.20. The summed E-state index contributed by atoms with van der Waals surface area (Å²) >= 11 is 0.847. The monoisotopic (exact) mass is 222 g/mol. The van der Waals surface area contributed by atoms with Crippen molar-refractivity contribution < 1.29 is 21.7 Å². The van der Waals surface area contributed by atoms with Gasteiger partial charge in [0.15, 0.2) is 0 Å². The van der Waals surface area contributed by atoms with E-state index in [1.807, 2.05) is 0 Å². The summed E-state index contributed by atoms with van der Waals surface area (Å²) in [6.07, 6.45) is 0. The van der Waals surface area contributed by atoms with Gasteiger partial charge < -0.3 is 0 Å². The van der Waals surface area contributed by atoms with E-state index in [9.17, 15) is 4.39 Å². The summed E-state index contributed by atoms with van der Waals surface area (Å²) in [4.78, 5) is 0. The van der Waals surface area contributed by atoms with Gasteiger partial charge in [-0.15, -0.1) is 0 Å². The van der Waals surface area contributed by atoms with Crippen molar-refractivity contribution in [2.24, 2.45) is 0 Å². The second kappa shape index (κ2) is 5.57. The minimum absolute atomic E-state index is 0.164. The predicted octanol–water partition coefficient (Wildman–Crippen LogP) is 3.00. The average Bonchev–Trinajstić information content (AvgIpc) is 2.02.